The minimum atomic E-state index is -2.83. The number of ether oxygens (including phenoxy) is 1. The van der Waals surface area contributed by atoms with E-state index in [0.717, 1.165) is 49.8 Å². The van der Waals surface area contributed by atoms with Gasteiger partial charge in [0.15, 0.2) is 6.61 Å². The summed E-state index contributed by atoms with van der Waals surface area (Å²) in [6, 6.07) is 16.5. The Balaban J connectivity index is 1.38. The molecule has 0 aliphatic carbocycles. The molecule has 0 amide bonds. The highest BCUT2D eigenvalue weighted by atomic mass is 32.1. The maximum atomic E-state index is 13.4. The van der Waals surface area contributed by atoms with E-state index in [1.807, 2.05) is 18.2 Å². The average molecular weight is 458 g/mol. The number of fused-ring (bicyclic) bond motifs is 1. The van der Waals surface area contributed by atoms with Crippen LogP contribution in [-0.4, -0.2) is 35.7 Å². The second-order valence-corrected chi connectivity index (χ2v) is 9.29. The number of thiophene rings is 1. The highest BCUT2D eigenvalue weighted by Crippen LogP contribution is 2.33. The Morgan fingerprint density at radius 3 is 2.47 bits per heavy atom. The van der Waals surface area contributed by atoms with Crippen LogP contribution < -0.4 is 4.74 Å². The highest BCUT2D eigenvalue weighted by Gasteiger charge is 2.24. The van der Waals surface area contributed by atoms with Gasteiger partial charge in [-0.2, -0.15) is 0 Å². The van der Waals surface area contributed by atoms with E-state index in [1.54, 1.807) is 23.5 Å². The van der Waals surface area contributed by atoms with Crippen molar-refractivity contribution in [3.63, 3.8) is 0 Å². The predicted molar refractivity (Wildman–Crippen MR) is 122 cm³/mol. The van der Waals surface area contributed by atoms with Crippen molar-refractivity contribution in [1.82, 2.24) is 4.90 Å². The van der Waals surface area contributed by atoms with Gasteiger partial charge in [0, 0.05) is 41.9 Å². The predicted octanol–water partition coefficient (Wildman–Crippen LogP) is 5.59. The van der Waals surface area contributed by atoms with Crippen LogP contribution in [0.15, 0.2) is 54.6 Å². The fourth-order valence-electron chi connectivity index (χ4n) is 3.91. The fraction of sp³-hybridized carbons (Fsp3) is 0.320. The van der Waals surface area contributed by atoms with Gasteiger partial charge in [-0.3, -0.25) is 4.90 Å². The number of halogens is 2. The van der Waals surface area contributed by atoms with Gasteiger partial charge in [-0.25, -0.2) is 13.6 Å². The minimum absolute atomic E-state index is 0.0266. The molecule has 1 aliphatic heterocycles. The number of aliphatic carboxylic acids is 1. The number of alkyl halides is 2. The summed E-state index contributed by atoms with van der Waals surface area (Å²) in [5.74, 6) is -3.22. The van der Waals surface area contributed by atoms with Gasteiger partial charge >= 0.3 is 5.97 Å². The Morgan fingerprint density at radius 1 is 1.06 bits per heavy atom. The molecule has 0 saturated heterocycles. The van der Waals surface area contributed by atoms with Crippen LogP contribution in [0.2, 0.25) is 0 Å². The summed E-state index contributed by atoms with van der Waals surface area (Å²) in [5, 5.41) is 8.79. The number of carbonyl (C=O) groups is 1. The van der Waals surface area contributed by atoms with Gasteiger partial charge in [0.25, 0.3) is 5.92 Å². The van der Waals surface area contributed by atoms with Gasteiger partial charge in [0.1, 0.15) is 5.75 Å². The quantitative estimate of drug-likeness (QED) is 0.502. The van der Waals surface area contributed by atoms with Gasteiger partial charge in [0.2, 0.25) is 0 Å². The van der Waals surface area contributed by atoms with E-state index >= 15 is 0 Å². The molecule has 4 nitrogen and oxygen atoms in total. The van der Waals surface area contributed by atoms with Gasteiger partial charge in [-0.1, -0.05) is 30.3 Å². The second-order valence-electron chi connectivity index (χ2n) is 8.12. The van der Waals surface area contributed by atoms with E-state index < -0.39 is 11.9 Å². The Kier molecular flexibility index (Phi) is 6.58. The first kappa shape index (κ1) is 22.4. The number of hydrogen-bond donors (Lipinski definition) is 1. The van der Waals surface area contributed by atoms with E-state index in [-0.39, 0.29) is 12.2 Å². The molecule has 3 aromatic rings. The van der Waals surface area contributed by atoms with Crippen molar-refractivity contribution < 1.29 is 23.4 Å². The molecule has 1 aromatic heterocycles. The zero-order valence-electron chi connectivity index (χ0n) is 17.8. The third-order valence-corrected chi connectivity index (χ3v) is 6.77. The number of carboxylic acids is 1. The van der Waals surface area contributed by atoms with Crippen molar-refractivity contribution >= 4 is 17.3 Å². The summed E-state index contributed by atoms with van der Waals surface area (Å²) in [4.78, 5) is 15.4. The number of carboxylic acid groups (broad SMARTS) is 1. The van der Waals surface area contributed by atoms with E-state index in [4.69, 9.17) is 9.84 Å². The van der Waals surface area contributed by atoms with Gasteiger partial charge < -0.3 is 9.84 Å². The van der Waals surface area contributed by atoms with Gasteiger partial charge in [-0.05, 0) is 53.8 Å². The molecule has 0 unspecified atom stereocenters. The van der Waals surface area contributed by atoms with Crippen molar-refractivity contribution in [3.05, 3.63) is 76.2 Å². The third kappa shape index (κ3) is 5.53. The summed E-state index contributed by atoms with van der Waals surface area (Å²) in [6.07, 6.45) is 1.81. The topological polar surface area (TPSA) is 49.8 Å². The Bertz CT molecular complexity index is 1090. The molecule has 2 aromatic carbocycles. The number of hydrogen-bond acceptors (Lipinski definition) is 4. The molecule has 1 N–H and O–H groups in total. The molecule has 2 heterocycles. The first-order valence-corrected chi connectivity index (χ1v) is 11.4. The highest BCUT2D eigenvalue weighted by molar-refractivity contribution is 7.15. The lowest BCUT2D eigenvalue weighted by molar-refractivity contribution is -0.139. The maximum absolute atomic E-state index is 13.4. The lowest BCUT2D eigenvalue weighted by Crippen LogP contribution is -2.25. The maximum Gasteiger partial charge on any atom is 0.341 e. The van der Waals surface area contributed by atoms with Crippen LogP contribution in [0.3, 0.4) is 0 Å². The van der Waals surface area contributed by atoms with Crippen LogP contribution in [0.1, 0.15) is 28.5 Å². The number of benzene rings is 2. The van der Waals surface area contributed by atoms with Crippen molar-refractivity contribution in [2.75, 3.05) is 19.7 Å². The molecular formula is C25H25F2NO3S. The molecular weight excluding hydrogens is 432 g/mol. The molecule has 7 heteroatoms. The van der Waals surface area contributed by atoms with Crippen LogP contribution in [-0.2, 0) is 30.1 Å². The summed E-state index contributed by atoms with van der Waals surface area (Å²) in [6.45, 7) is 3.26. The molecule has 0 bridgehead atoms. The lowest BCUT2D eigenvalue weighted by Gasteiger charge is -2.18. The molecule has 4 rings (SSSR count). The van der Waals surface area contributed by atoms with E-state index in [2.05, 4.69) is 17.0 Å². The Morgan fingerprint density at radius 2 is 1.78 bits per heavy atom. The second kappa shape index (κ2) is 9.38. The number of rotatable bonds is 7. The van der Waals surface area contributed by atoms with Crippen molar-refractivity contribution in [2.24, 2.45) is 0 Å². The van der Waals surface area contributed by atoms with E-state index in [0.29, 0.717) is 5.75 Å². The molecule has 168 valence electrons. The average Bonchev–Trinajstić information content (AvgIpc) is 3.13. The van der Waals surface area contributed by atoms with Gasteiger partial charge in [-0.15, -0.1) is 11.3 Å². The molecule has 0 spiro atoms. The molecule has 0 atom stereocenters. The summed E-state index contributed by atoms with van der Waals surface area (Å²) in [7, 11) is 0. The van der Waals surface area contributed by atoms with Crippen LogP contribution in [0.25, 0.3) is 10.4 Å². The summed E-state index contributed by atoms with van der Waals surface area (Å²) >= 11 is 1.69. The third-order valence-electron chi connectivity index (χ3n) is 5.65. The molecule has 0 fully saturated rings. The lowest BCUT2D eigenvalue weighted by atomic mass is 10.0. The first-order chi connectivity index (χ1) is 15.3. The fourth-order valence-corrected chi connectivity index (χ4v) is 4.96. The Hall–Kier alpha value is -2.77. The largest absolute Gasteiger partial charge is 0.482 e. The van der Waals surface area contributed by atoms with Crippen LogP contribution in [0, 0.1) is 0 Å². The monoisotopic (exact) mass is 457 g/mol. The standard InChI is InChI=1S/C25H25F2NO3S/c1-25(26,27)20-5-2-18(3-6-20)23-9-8-22(32-23)15-28-12-10-17-4-7-21(31-16-24(29)30)14-19(17)11-13-28/h2-9,14H,10-13,15-16H2,1H3,(H,29,30). The zero-order chi connectivity index (χ0) is 22.7. The minimum Gasteiger partial charge on any atom is -0.482 e. The molecule has 0 saturated carbocycles. The normalized spacial score (nSPS) is 14.6. The van der Waals surface area contributed by atoms with E-state index in [1.165, 1.54) is 28.1 Å². The smallest absolute Gasteiger partial charge is 0.341 e. The van der Waals surface area contributed by atoms with Crippen LogP contribution in [0.4, 0.5) is 8.78 Å². The van der Waals surface area contributed by atoms with E-state index in [9.17, 15) is 13.6 Å². The molecule has 1 aliphatic rings. The number of nitrogens with zero attached hydrogens (tertiary/aromatic N) is 1. The SMILES string of the molecule is CC(F)(F)c1ccc(-c2ccc(CN3CCc4ccc(OCC(=O)O)cc4CC3)s2)cc1. The van der Waals surface area contributed by atoms with Crippen molar-refractivity contribution in [2.45, 2.75) is 32.2 Å². The Labute approximate surface area is 190 Å². The van der Waals surface area contributed by atoms with Crippen molar-refractivity contribution in [1.29, 1.82) is 0 Å². The summed E-state index contributed by atoms with van der Waals surface area (Å²) < 4.78 is 32.2. The zero-order valence-corrected chi connectivity index (χ0v) is 18.6. The van der Waals surface area contributed by atoms with Gasteiger partial charge in [0.05, 0.1) is 0 Å². The molecule has 0 radical (unpaired) electrons. The van der Waals surface area contributed by atoms with Crippen LogP contribution in [0.5, 0.6) is 5.75 Å². The van der Waals surface area contributed by atoms with Crippen molar-refractivity contribution in [3.8, 4) is 16.2 Å². The molecule has 32 heavy (non-hydrogen) atoms. The van der Waals surface area contributed by atoms with Crippen LogP contribution >= 0.6 is 11.3 Å². The first-order valence-electron chi connectivity index (χ1n) is 10.5. The summed E-state index contributed by atoms with van der Waals surface area (Å²) in [5.41, 5.74) is 3.45.